The van der Waals surface area contributed by atoms with E-state index in [4.69, 9.17) is 0 Å². The van der Waals surface area contributed by atoms with Gasteiger partial charge in [0.2, 0.25) is 5.91 Å². The van der Waals surface area contributed by atoms with Crippen LogP contribution in [0.1, 0.15) is 29.6 Å². The topological polar surface area (TPSA) is 74.3 Å². The first kappa shape index (κ1) is 20.2. The number of rotatable bonds is 4. The molecular weight excluding hydrogens is 392 g/mol. The summed E-state index contributed by atoms with van der Waals surface area (Å²) >= 11 is 0. The van der Waals surface area contributed by atoms with Crippen LogP contribution < -0.4 is 10.2 Å². The number of piperidine rings is 1. The van der Waals surface area contributed by atoms with Crippen LogP contribution in [-0.4, -0.2) is 47.8 Å². The molecular formula is C22H22F2N3O3+. The van der Waals surface area contributed by atoms with Gasteiger partial charge in [0.15, 0.2) is 6.04 Å². The van der Waals surface area contributed by atoms with Gasteiger partial charge in [0.05, 0.1) is 18.2 Å². The van der Waals surface area contributed by atoms with Gasteiger partial charge in [-0.2, -0.15) is 0 Å². The van der Waals surface area contributed by atoms with Gasteiger partial charge >= 0.3 is 0 Å². The Labute approximate surface area is 172 Å². The lowest BCUT2D eigenvalue weighted by molar-refractivity contribution is -0.709. The zero-order valence-electron chi connectivity index (χ0n) is 16.3. The summed E-state index contributed by atoms with van der Waals surface area (Å²) in [7, 11) is 0. The van der Waals surface area contributed by atoms with Crippen molar-refractivity contribution in [2.45, 2.75) is 31.3 Å². The predicted octanol–water partition coefficient (Wildman–Crippen LogP) is 1.46. The summed E-state index contributed by atoms with van der Waals surface area (Å²) in [6, 6.07) is 10.4. The van der Waals surface area contributed by atoms with Crippen molar-refractivity contribution in [3.05, 3.63) is 65.7 Å². The van der Waals surface area contributed by atoms with Gasteiger partial charge < -0.3 is 10.2 Å². The van der Waals surface area contributed by atoms with Crippen LogP contribution in [0.4, 0.5) is 14.5 Å². The first-order valence-corrected chi connectivity index (χ1v) is 9.94. The van der Waals surface area contributed by atoms with Crippen LogP contribution >= 0.6 is 0 Å². The van der Waals surface area contributed by atoms with E-state index in [1.807, 2.05) is 5.32 Å². The fourth-order valence-electron chi connectivity index (χ4n) is 4.07. The third kappa shape index (κ3) is 4.09. The van der Waals surface area contributed by atoms with E-state index < -0.39 is 11.9 Å². The van der Waals surface area contributed by atoms with E-state index >= 15 is 0 Å². The molecule has 2 aromatic rings. The Kier molecular flexibility index (Phi) is 5.59. The van der Waals surface area contributed by atoms with Crippen LogP contribution in [0.3, 0.4) is 0 Å². The van der Waals surface area contributed by atoms with Crippen molar-refractivity contribution in [3.8, 4) is 0 Å². The van der Waals surface area contributed by atoms with Gasteiger partial charge in [0.1, 0.15) is 11.6 Å². The highest BCUT2D eigenvalue weighted by Gasteiger charge is 2.43. The van der Waals surface area contributed by atoms with Crippen molar-refractivity contribution in [3.63, 3.8) is 0 Å². The van der Waals surface area contributed by atoms with Gasteiger partial charge in [-0.25, -0.2) is 13.7 Å². The average Bonchev–Trinajstić information content (AvgIpc) is 3.02. The van der Waals surface area contributed by atoms with Crippen LogP contribution in [0, 0.1) is 11.6 Å². The molecule has 0 aromatic heterocycles. The fraction of sp³-hybridized carbons (Fsp3) is 0.318. The first-order valence-electron chi connectivity index (χ1n) is 9.94. The molecule has 2 aromatic carbocycles. The molecule has 2 N–H and O–H groups in total. The second-order valence-electron chi connectivity index (χ2n) is 7.68. The zero-order valence-corrected chi connectivity index (χ0v) is 16.3. The lowest BCUT2D eigenvalue weighted by atomic mass is 10.0. The molecule has 0 aliphatic carbocycles. The summed E-state index contributed by atoms with van der Waals surface area (Å²) in [5.41, 5.74) is 0.826. The van der Waals surface area contributed by atoms with E-state index in [9.17, 15) is 23.2 Å². The Morgan fingerprint density at radius 1 is 0.900 bits per heavy atom. The third-order valence-corrected chi connectivity index (χ3v) is 5.69. The maximum atomic E-state index is 13.1. The van der Waals surface area contributed by atoms with Crippen molar-refractivity contribution < 1.29 is 28.5 Å². The van der Waals surface area contributed by atoms with E-state index in [2.05, 4.69) is 0 Å². The normalized spacial score (nSPS) is 20.1. The number of imide groups is 1. The molecule has 0 bridgehead atoms. The monoisotopic (exact) mass is 414 g/mol. The second-order valence-corrected chi connectivity index (χ2v) is 7.68. The van der Waals surface area contributed by atoms with E-state index in [1.54, 1.807) is 4.90 Å². The molecule has 2 aliphatic rings. The summed E-state index contributed by atoms with van der Waals surface area (Å²) in [6.45, 7) is 1.07. The summed E-state index contributed by atoms with van der Waals surface area (Å²) in [4.78, 5) is 40.5. The predicted molar refractivity (Wildman–Crippen MR) is 105 cm³/mol. The van der Waals surface area contributed by atoms with Crippen molar-refractivity contribution in [1.29, 1.82) is 0 Å². The number of benzene rings is 2. The quantitative estimate of drug-likeness (QED) is 0.770. The molecule has 6 nitrogen and oxygen atoms in total. The molecule has 0 spiro atoms. The second kappa shape index (κ2) is 8.31. The summed E-state index contributed by atoms with van der Waals surface area (Å²) < 4.78 is 26.2. The Morgan fingerprint density at radius 2 is 1.47 bits per heavy atom. The summed E-state index contributed by atoms with van der Waals surface area (Å²) in [5.74, 6) is -1.54. The lowest BCUT2D eigenvalue weighted by Gasteiger charge is -2.31. The largest absolute Gasteiger partial charge is 0.338 e. The maximum absolute atomic E-state index is 13.1. The number of quaternary nitrogens is 1. The molecule has 2 fully saturated rings. The number of halogens is 2. The van der Waals surface area contributed by atoms with Gasteiger partial charge in [-0.15, -0.1) is 0 Å². The lowest BCUT2D eigenvalue weighted by Crippen LogP contribution is -2.97. The van der Waals surface area contributed by atoms with Gasteiger partial charge in [0.25, 0.3) is 11.8 Å². The molecule has 156 valence electrons. The first-order chi connectivity index (χ1) is 14.4. The SMILES string of the molecule is O=C(c1ccc(F)cc1)N1CCC([NH2+][C@H]2CC(=O)N(c3ccc(F)cc3)C2=O)CC1. The van der Waals surface area contributed by atoms with E-state index in [1.165, 1.54) is 48.5 Å². The van der Waals surface area contributed by atoms with Crippen LogP contribution in [0.5, 0.6) is 0 Å². The molecule has 0 saturated carbocycles. The average molecular weight is 414 g/mol. The van der Waals surface area contributed by atoms with Crippen molar-refractivity contribution >= 4 is 23.4 Å². The zero-order chi connectivity index (χ0) is 21.3. The van der Waals surface area contributed by atoms with Gasteiger partial charge in [-0.05, 0) is 48.5 Å². The number of nitrogens with two attached hydrogens (primary N) is 1. The molecule has 0 radical (unpaired) electrons. The molecule has 8 heteroatoms. The number of hydrogen-bond acceptors (Lipinski definition) is 3. The van der Waals surface area contributed by atoms with E-state index in [-0.39, 0.29) is 36.0 Å². The number of likely N-dealkylation sites (tertiary alicyclic amines) is 1. The van der Waals surface area contributed by atoms with Gasteiger partial charge in [0, 0.05) is 31.5 Å². The Balaban J connectivity index is 1.33. The highest BCUT2D eigenvalue weighted by atomic mass is 19.1. The highest BCUT2D eigenvalue weighted by Crippen LogP contribution is 2.22. The van der Waals surface area contributed by atoms with E-state index in [0.29, 0.717) is 37.2 Å². The minimum atomic E-state index is -0.507. The molecule has 2 saturated heterocycles. The van der Waals surface area contributed by atoms with Crippen LogP contribution in [0.2, 0.25) is 0 Å². The van der Waals surface area contributed by atoms with Crippen LogP contribution in [0.15, 0.2) is 48.5 Å². The number of carbonyl (C=O) groups excluding carboxylic acids is 3. The van der Waals surface area contributed by atoms with Crippen LogP contribution in [0.25, 0.3) is 0 Å². The minimum Gasteiger partial charge on any atom is -0.338 e. The van der Waals surface area contributed by atoms with Crippen LogP contribution in [-0.2, 0) is 9.59 Å². The summed E-state index contributed by atoms with van der Waals surface area (Å²) in [5, 5.41) is 1.92. The molecule has 30 heavy (non-hydrogen) atoms. The molecule has 4 rings (SSSR count). The van der Waals surface area contributed by atoms with Crippen molar-refractivity contribution in [2.75, 3.05) is 18.0 Å². The highest BCUT2D eigenvalue weighted by molar-refractivity contribution is 6.21. The number of hydrogen-bond donors (Lipinski definition) is 1. The van der Waals surface area contributed by atoms with Crippen molar-refractivity contribution in [1.82, 2.24) is 4.90 Å². The molecule has 1 atom stereocenters. The molecule has 3 amide bonds. The molecule has 2 heterocycles. The fourth-order valence-corrected chi connectivity index (χ4v) is 4.07. The van der Waals surface area contributed by atoms with Gasteiger partial charge in [-0.1, -0.05) is 0 Å². The number of carbonyl (C=O) groups is 3. The number of nitrogens with zero attached hydrogens (tertiary/aromatic N) is 2. The molecule has 2 aliphatic heterocycles. The van der Waals surface area contributed by atoms with Crippen molar-refractivity contribution in [2.24, 2.45) is 0 Å². The third-order valence-electron chi connectivity index (χ3n) is 5.69. The number of amides is 3. The minimum absolute atomic E-state index is 0.102. The smallest absolute Gasteiger partial charge is 0.292 e. The van der Waals surface area contributed by atoms with Gasteiger partial charge in [-0.3, -0.25) is 14.4 Å². The Morgan fingerprint density at radius 3 is 2.07 bits per heavy atom. The summed E-state index contributed by atoms with van der Waals surface area (Å²) in [6.07, 6.45) is 1.49. The van der Waals surface area contributed by atoms with E-state index in [0.717, 1.165) is 4.90 Å². The standard InChI is InChI=1S/C22H21F2N3O3/c23-15-3-1-14(2-4-15)21(29)26-11-9-17(10-12-26)25-19-13-20(28)27(22(19)30)18-7-5-16(24)6-8-18/h1-8,17,19,25H,9-13H2/p+1/t19-/m0/s1. The Hall–Kier alpha value is -3.13. The number of anilines is 1. The Bertz CT molecular complexity index is 955. The maximum Gasteiger partial charge on any atom is 0.292 e. The molecule has 0 unspecified atom stereocenters.